The third-order valence-electron chi connectivity index (χ3n) is 3.43. The van der Waals surface area contributed by atoms with Crippen molar-refractivity contribution in [1.82, 2.24) is 10.3 Å². The van der Waals surface area contributed by atoms with Crippen LogP contribution in [0.1, 0.15) is 5.69 Å². The van der Waals surface area contributed by atoms with Crippen molar-refractivity contribution >= 4 is 29.0 Å². The van der Waals surface area contributed by atoms with Crippen LogP contribution in [0.5, 0.6) is 0 Å². The lowest BCUT2D eigenvalue weighted by atomic mass is 10.1. The highest BCUT2D eigenvalue weighted by molar-refractivity contribution is 5.93. The fraction of sp³-hybridized carbons (Fsp3) is 0.357. The predicted molar refractivity (Wildman–Crippen MR) is 78.7 cm³/mol. The molecule has 0 saturated carbocycles. The van der Waals surface area contributed by atoms with Crippen molar-refractivity contribution in [2.75, 3.05) is 31.1 Å². The third-order valence-corrected chi connectivity index (χ3v) is 3.43. The first-order valence-corrected chi connectivity index (χ1v) is 6.38. The molecular formula is C14H16ClF2N3. The fourth-order valence-electron chi connectivity index (χ4n) is 2.53. The van der Waals surface area contributed by atoms with Gasteiger partial charge in [-0.25, -0.2) is 13.8 Å². The van der Waals surface area contributed by atoms with E-state index >= 15 is 0 Å². The number of hydrogen-bond acceptors (Lipinski definition) is 3. The highest BCUT2D eigenvalue weighted by atomic mass is 35.5. The zero-order valence-corrected chi connectivity index (χ0v) is 11.9. The monoisotopic (exact) mass is 299 g/mol. The second-order valence-electron chi connectivity index (χ2n) is 4.77. The zero-order chi connectivity index (χ0) is 13.4. The number of hydrogen-bond donors (Lipinski definition) is 1. The van der Waals surface area contributed by atoms with E-state index in [1.807, 2.05) is 6.07 Å². The molecule has 2 aromatic rings. The van der Waals surface area contributed by atoms with Gasteiger partial charge in [0.15, 0.2) is 0 Å². The van der Waals surface area contributed by atoms with Crippen molar-refractivity contribution < 1.29 is 8.78 Å². The topological polar surface area (TPSA) is 28.2 Å². The van der Waals surface area contributed by atoms with Gasteiger partial charge in [0.1, 0.15) is 17.2 Å². The molecule has 3 nitrogen and oxygen atoms in total. The van der Waals surface area contributed by atoms with Gasteiger partial charge in [-0.2, -0.15) is 0 Å². The van der Waals surface area contributed by atoms with Crippen LogP contribution >= 0.6 is 12.4 Å². The van der Waals surface area contributed by atoms with Gasteiger partial charge in [0.25, 0.3) is 0 Å². The van der Waals surface area contributed by atoms with Crippen LogP contribution in [0.3, 0.4) is 0 Å². The van der Waals surface area contributed by atoms with Crippen LogP contribution in [0.25, 0.3) is 10.9 Å². The Balaban J connectivity index is 0.00000147. The van der Waals surface area contributed by atoms with Gasteiger partial charge in [0.05, 0.1) is 11.1 Å². The van der Waals surface area contributed by atoms with Crippen LogP contribution in [0.15, 0.2) is 18.2 Å². The van der Waals surface area contributed by atoms with Gasteiger partial charge in [-0.1, -0.05) is 0 Å². The molecule has 1 aliphatic rings. The average Bonchev–Trinajstić information content (AvgIpc) is 2.43. The Morgan fingerprint density at radius 1 is 1.15 bits per heavy atom. The highest BCUT2D eigenvalue weighted by Gasteiger charge is 2.18. The molecule has 1 N–H and O–H groups in total. The van der Waals surface area contributed by atoms with Gasteiger partial charge < -0.3 is 10.2 Å². The number of aromatic nitrogens is 1. The first-order valence-electron chi connectivity index (χ1n) is 6.38. The lowest BCUT2D eigenvalue weighted by molar-refractivity contribution is 0.587. The summed E-state index contributed by atoms with van der Waals surface area (Å²) in [6, 6.07) is 4.13. The van der Waals surface area contributed by atoms with Gasteiger partial charge in [0.2, 0.25) is 0 Å². The molecule has 20 heavy (non-hydrogen) atoms. The normalized spacial score (nSPS) is 15.2. The van der Waals surface area contributed by atoms with Crippen LogP contribution in [-0.4, -0.2) is 31.2 Å². The number of fused-ring (bicyclic) bond motifs is 1. The van der Waals surface area contributed by atoms with Crippen molar-refractivity contribution in [3.63, 3.8) is 0 Å². The van der Waals surface area contributed by atoms with Crippen molar-refractivity contribution in [1.29, 1.82) is 0 Å². The summed E-state index contributed by atoms with van der Waals surface area (Å²) in [6.07, 6.45) is 0. The summed E-state index contributed by atoms with van der Waals surface area (Å²) in [5, 5.41) is 3.53. The number of rotatable bonds is 1. The van der Waals surface area contributed by atoms with E-state index in [4.69, 9.17) is 0 Å². The van der Waals surface area contributed by atoms with E-state index in [-0.39, 0.29) is 23.3 Å². The molecular weight excluding hydrogens is 284 g/mol. The minimum absolute atomic E-state index is 0. The van der Waals surface area contributed by atoms with Crippen molar-refractivity contribution in [2.24, 2.45) is 0 Å². The number of pyridine rings is 1. The van der Waals surface area contributed by atoms with Crippen molar-refractivity contribution in [3.05, 3.63) is 35.5 Å². The van der Waals surface area contributed by atoms with Gasteiger partial charge in [-0.15, -0.1) is 12.4 Å². The molecule has 1 aromatic heterocycles. The quantitative estimate of drug-likeness (QED) is 0.877. The Labute approximate surface area is 122 Å². The molecule has 1 aliphatic heterocycles. The summed E-state index contributed by atoms with van der Waals surface area (Å²) < 4.78 is 27.9. The van der Waals surface area contributed by atoms with E-state index in [1.54, 1.807) is 6.92 Å². The van der Waals surface area contributed by atoms with E-state index in [0.717, 1.165) is 37.9 Å². The lowest BCUT2D eigenvalue weighted by Gasteiger charge is -2.30. The molecule has 6 heteroatoms. The van der Waals surface area contributed by atoms with Crippen LogP contribution in [0, 0.1) is 18.6 Å². The first-order chi connectivity index (χ1) is 9.16. The van der Waals surface area contributed by atoms with Crippen LogP contribution < -0.4 is 10.2 Å². The van der Waals surface area contributed by atoms with Crippen LogP contribution in [0.2, 0.25) is 0 Å². The largest absolute Gasteiger partial charge is 0.368 e. The molecule has 3 rings (SSSR count). The molecule has 2 heterocycles. The Hall–Kier alpha value is -1.46. The molecule has 0 unspecified atom stereocenters. The second-order valence-corrected chi connectivity index (χ2v) is 4.77. The minimum Gasteiger partial charge on any atom is -0.368 e. The summed E-state index contributed by atoms with van der Waals surface area (Å²) in [5.74, 6) is -0.895. The van der Waals surface area contributed by atoms with E-state index in [1.165, 1.54) is 6.07 Å². The smallest absolute Gasteiger partial charge is 0.149 e. The molecule has 0 aliphatic carbocycles. The van der Waals surface area contributed by atoms with Crippen LogP contribution in [0.4, 0.5) is 14.5 Å². The maximum Gasteiger partial charge on any atom is 0.149 e. The minimum atomic E-state index is -0.475. The number of anilines is 1. The summed E-state index contributed by atoms with van der Waals surface area (Å²) in [4.78, 5) is 6.21. The fourth-order valence-corrected chi connectivity index (χ4v) is 2.53. The Bertz CT molecular complexity index is 627. The van der Waals surface area contributed by atoms with Crippen LogP contribution in [-0.2, 0) is 0 Å². The maximum atomic E-state index is 14.1. The lowest BCUT2D eigenvalue weighted by Crippen LogP contribution is -2.43. The third kappa shape index (κ3) is 2.55. The Morgan fingerprint density at radius 2 is 1.80 bits per heavy atom. The second kappa shape index (κ2) is 5.89. The number of nitrogens with zero attached hydrogens (tertiary/aromatic N) is 2. The van der Waals surface area contributed by atoms with Gasteiger partial charge >= 0.3 is 0 Å². The number of nitrogens with one attached hydrogen (secondary N) is 1. The van der Waals surface area contributed by atoms with Crippen molar-refractivity contribution in [2.45, 2.75) is 6.92 Å². The number of aryl methyl sites for hydroxylation is 1. The summed E-state index contributed by atoms with van der Waals surface area (Å²) in [7, 11) is 0. The van der Waals surface area contributed by atoms with E-state index < -0.39 is 11.6 Å². The molecule has 0 bridgehead atoms. The van der Waals surface area contributed by atoms with E-state index in [9.17, 15) is 8.78 Å². The molecule has 1 aromatic carbocycles. The van der Waals surface area contributed by atoms with Crippen molar-refractivity contribution in [3.8, 4) is 0 Å². The maximum absolute atomic E-state index is 14.1. The van der Waals surface area contributed by atoms with Gasteiger partial charge in [0, 0.05) is 31.9 Å². The molecule has 0 spiro atoms. The number of halogens is 3. The standard InChI is InChI=1S/C14H15F2N3.ClH/c1-9-8-12(19-6-4-17-5-7-19)13-10(15)2-3-11(16)14(13)18-9;/h2-3,8,17H,4-7H2,1H3;1H. The number of benzene rings is 1. The first kappa shape index (κ1) is 14.9. The molecule has 0 radical (unpaired) electrons. The van der Waals surface area contributed by atoms with Gasteiger partial charge in [-0.3, -0.25) is 0 Å². The Morgan fingerprint density at radius 3 is 2.50 bits per heavy atom. The zero-order valence-electron chi connectivity index (χ0n) is 11.1. The molecule has 0 atom stereocenters. The molecule has 1 saturated heterocycles. The van der Waals surface area contributed by atoms with Gasteiger partial charge in [-0.05, 0) is 25.1 Å². The summed E-state index contributed by atoms with van der Waals surface area (Å²) in [6.45, 7) is 5.07. The predicted octanol–water partition coefficient (Wildman–Crippen LogP) is 2.65. The average molecular weight is 300 g/mol. The Kier molecular flexibility index (Phi) is 4.40. The highest BCUT2D eigenvalue weighted by Crippen LogP contribution is 2.30. The SMILES string of the molecule is Cc1cc(N2CCNCC2)c2c(F)ccc(F)c2n1.Cl. The molecule has 0 amide bonds. The molecule has 1 fully saturated rings. The molecule has 108 valence electrons. The number of piperazine rings is 1. The summed E-state index contributed by atoms with van der Waals surface area (Å²) in [5.41, 5.74) is 1.56. The summed E-state index contributed by atoms with van der Waals surface area (Å²) >= 11 is 0. The van der Waals surface area contributed by atoms with E-state index in [0.29, 0.717) is 5.69 Å². The van der Waals surface area contributed by atoms with E-state index in [2.05, 4.69) is 15.2 Å².